The van der Waals surface area contributed by atoms with Crippen molar-refractivity contribution in [2.24, 2.45) is 11.7 Å². The number of hydrogen-bond donors (Lipinski definition) is 5. The van der Waals surface area contributed by atoms with Crippen LogP contribution < -0.4 is 36.5 Å². The molecule has 0 aromatic heterocycles. The average Bonchev–Trinajstić information content (AvgIpc) is 1.83. The minimum atomic E-state index is -4.69. The van der Waals surface area contributed by atoms with Gasteiger partial charge in [0.25, 0.3) is 0 Å². The fourth-order valence-electron chi connectivity index (χ4n) is 0.0417. The summed E-state index contributed by atoms with van der Waals surface area (Å²) in [5, 5.41) is 0. The number of halogens is 1. The fraction of sp³-hybridized carbons (Fsp3) is 0. The van der Waals surface area contributed by atoms with E-state index in [1.807, 2.05) is 0 Å². The zero-order valence-electron chi connectivity index (χ0n) is 5.82. The molecule has 7 N–H and O–H groups in total. The Morgan fingerprint density at radius 2 is 1.42 bits per heavy atom. The molecule has 0 aromatic rings. The summed E-state index contributed by atoms with van der Waals surface area (Å²) < 4.78 is 32.7. The third kappa shape index (κ3) is 48.6. The smallest absolute Gasteiger partial charge is 0.275 e. The number of nitrogens with two attached hydrogens (primary N) is 2. The molecule has 0 heterocycles. The third-order valence-corrected chi connectivity index (χ3v) is 0.262. The second-order valence-electron chi connectivity index (χ2n) is 1.01. The summed E-state index contributed by atoms with van der Waals surface area (Å²) in [5.41, 5.74) is 3.48. The standard InChI is InChI=1S/CH6N4O.Cd.ClHO4/c2-4-1(6)5-3;;2-1(3,4)5/h2-3H2,(H2,4,5,6);;(H,2,3,4,5). The number of rotatable bonds is 0. The first-order chi connectivity index (χ1) is 4.81. The normalized spacial score (nSPS) is 8.50. The Labute approximate surface area is 89.5 Å². The minimum absolute atomic E-state index is 0. The van der Waals surface area contributed by atoms with E-state index in [0.717, 1.165) is 0 Å². The molecular weight excluding hydrogens is 296 g/mol. The van der Waals surface area contributed by atoms with Gasteiger partial charge in [-0.1, -0.05) is 0 Å². The van der Waals surface area contributed by atoms with Crippen LogP contribution in [-0.2, 0) is 27.3 Å². The number of hydrazine groups is 2. The minimum Gasteiger partial charge on any atom is -0.275 e. The molecule has 9 nitrogen and oxygen atoms in total. The molecule has 0 aromatic carbocycles. The predicted molar refractivity (Wildman–Crippen MR) is 22.3 cm³/mol. The molecule has 0 radical (unpaired) electrons. The van der Waals surface area contributed by atoms with Gasteiger partial charge in [0.2, 0.25) is 0 Å². The van der Waals surface area contributed by atoms with Crippen molar-refractivity contribution in [3.8, 4) is 0 Å². The second kappa shape index (κ2) is 9.33. The number of carbonyl (C=O) groups excluding carboxylic acids is 1. The van der Waals surface area contributed by atoms with Gasteiger partial charge in [0.15, 0.2) is 0 Å². The molecule has 11 heteroatoms. The Bertz CT molecular complexity index is 105. The average molecular weight is 303 g/mol. The van der Waals surface area contributed by atoms with Crippen molar-refractivity contribution in [1.29, 1.82) is 0 Å². The van der Waals surface area contributed by atoms with Gasteiger partial charge in [-0.25, -0.2) is 16.5 Å². The molecule has 12 heavy (non-hydrogen) atoms. The van der Waals surface area contributed by atoms with Crippen molar-refractivity contribution < 1.29 is 61.0 Å². The Balaban J connectivity index is -0.000000126. The predicted octanol–water partition coefficient (Wildman–Crippen LogP) is -6.09. The summed E-state index contributed by atoms with van der Waals surface area (Å²) in [6.45, 7) is 0. The van der Waals surface area contributed by atoms with Crippen molar-refractivity contribution in [2.45, 2.75) is 0 Å². The van der Waals surface area contributed by atoms with Crippen LogP contribution in [-0.4, -0.2) is 10.7 Å². The van der Waals surface area contributed by atoms with Gasteiger partial charge in [-0.15, -0.1) is 0 Å². The zero-order chi connectivity index (χ0) is 9.49. The van der Waals surface area contributed by atoms with Crippen molar-refractivity contribution in [2.75, 3.05) is 0 Å². The van der Waals surface area contributed by atoms with Crippen LogP contribution in [0.5, 0.6) is 0 Å². The van der Waals surface area contributed by atoms with E-state index in [9.17, 15) is 4.79 Å². The summed E-state index contributed by atoms with van der Waals surface area (Å²) in [7, 11) is -4.69. The van der Waals surface area contributed by atoms with E-state index in [1.165, 1.54) is 0 Å². The van der Waals surface area contributed by atoms with Crippen LogP contribution in [0.3, 0.4) is 0 Å². The van der Waals surface area contributed by atoms with E-state index < -0.39 is 16.3 Å². The van der Waals surface area contributed by atoms with Gasteiger partial charge in [-0.3, -0.25) is 10.9 Å². The first kappa shape index (κ1) is 18.1. The molecule has 0 aliphatic heterocycles. The first-order valence-electron chi connectivity index (χ1n) is 1.91. The SMILES string of the molecule is NNC(=O)NN.[Cd].[O-][Cl+3]([O-])([O-])O. The molecule has 0 fully saturated rings. The first-order valence-corrected chi connectivity index (χ1v) is 3.18. The van der Waals surface area contributed by atoms with Crippen molar-refractivity contribution in [3.63, 3.8) is 0 Å². The summed E-state index contributed by atoms with van der Waals surface area (Å²) in [6, 6.07) is -0.602. The largest absolute Gasteiger partial charge is 0.343 e. The number of amides is 2. The van der Waals surface area contributed by atoms with Gasteiger partial charge >= 0.3 is 6.03 Å². The van der Waals surface area contributed by atoms with Gasteiger partial charge in [-0.05, 0) is 0 Å². The molecular formula is CH7CdClN4O5. The maximum absolute atomic E-state index is 9.71. The van der Waals surface area contributed by atoms with Crippen LogP contribution in [0, 0.1) is 10.2 Å². The molecule has 0 aliphatic rings. The Morgan fingerprint density at radius 3 is 1.42 bits per heavy atom. The summed E-state index contributed by atoms with van der Waals surface area (Å²) in [5.74, 6) is 9.08. The fourth-order valence-corrected chi connectivity index (χ4v) is 0.0417. The van der Waals surface area contributed by atoms with E-state index in [2.05, 4.69) is 11.7 Å². The molecule has 0 aliphatic carbocycles. The molecule has 0 atom stereocenters. The van der Waals surface area contributed by atoms with E-state index in [-0.39, 0.29) is 27.3 Å². The van der Waals surface area contributed by atoms with Gasteiger partial charge < -0.3 is 0 Å². The molecule has 0 bridgehead atoms. The van der Waals surface area contributed by atoms with Crippen molar-refractivity contribution >= 4 is 6.03 Å². The van der Waals surface area contributed by atoms with Crippen LogP contribution in [0.1, 0.15) is 0 Å². The van der Waals surface area contributed by atoms with Crippen LogP contribution in [0.4, 0.5) is 4.79 Å². The Kier molecular flexibility index (Phi) is 14.1. The van der Waals surface area contributed by atoms with E-state index >= 15 is 0 Å². The maximum Gasteiger partial charge on any atom is 0.343 e. The molecule has 0 spiro atoms. The Morgan fingerprint density at radius 1 is 1.25 bits per heavy atom. The van der Waals surface area contributed by atoms with Crippen LogP contribution >= 0.6 is 0 Å². The maximum atomic E-state index is 9.71. The quantitative estimate of drug-likeness (QED) is 0.128. The molecule has 0 saturated heterocycles. The monoisotopic (exact) mass is 304 g/mol. The number of carbonyl (C=O) groups is 1. The second-order valence-corrected chi connectivity index (χ2v) is 1.81. The van der Waals surface area contributed by atoms with Gasteiger partial charge in [0.1, 0.15) is 0 Å². The Hall–Kier alpha value is 0.242. The van der Waals surface area contributed by atoms with E-state index in [0.29, 0.717) is 0 Å². The van der Waals surface area contributed by atoms with Crippen molar-refractivity contribution in [1.82, 2.24) is 10.9 Å². The number of urea groups is 1. The topological polar surface area (TPSA) is 183 Å². The molecule has 0 saturated carbocycles. The number of nitrogens with one attached hydrogen (secondary N) is 2. The molecule has 0 unspecified atom stereocenters. The summed E-state index contributed by atoms with van der Waals surface area (Å²) >= 11 is 0. The van der Waals surface area contributed by atoms with Gasteiger partial charge in [-0.2, -0.15) is 14.0 Å². The third-order valence-electron chi connectivity index (χ3n) is 0.262. The zero-order valence-corrected chi connectivity index (χ0v) is 10.6. The summed E-state index contributed by atoms with van der Waals surface area (Å²) in [4.78, 5) is 9.71. The van der Waals surface area contributed by atoms with Crippen molar-refractivity contribution in [3.05, 3.63) is 0 Å². The van der Waals surface area contributed by atoms with E-state index in [1.54, 1.807) is 10.9 Å². The molecule has 70 valence electrons. The van der Waals surface area contributed by atoms with Crippen LogP contribution in [0.15, 0.2) is 0 Å². The van der Waals surface area contributed by atoms with E-state index in [4.69, 9.17) is 18.6 Å². The summed E-state index contributed by atoms with van der Waals surface area (Å²) in [6.07, 6.45) is 0. The van der Waals surface area contributed by atoms with Gasteiger partial charge in [0.05, 0.1) is 14.9 Å². The molecule has 0 rings (SSSR count). The van der Waals surface area contributed by atoms with Crippen LogP contribution in [0.25, 0.3) is 0 Å². The van der Waals surface area contributed by atoms with Gasteiger partial charge in [0, 0.05) is 27.3 Å². The number of hydrogen-bond acceptors (Lipinski definition) is 7. The van der Waals surface area contributed by atoms with Crippen LogP contribution in [0.2, 0.25) is 0 Å². The molecule has 2 amide bonds.